The van der Waals surface area contributed by atoms with Crippen molar-refractivity contribution in [2.75, 3.05) is 14.1 Å². The Bertz CT molecular complexity index is 24.3. The predicted molar refractivity (Wildman–Crippen MR) is 17.6 cm³/mol. The molecule has 6 heavy (non-hydrogen) atoms. The van der Waals surface area contributed by atoms with Crippen LogP contribution in [0.5, 0.6) is 0 Å². The molecule has 0 saturated carbocycles. The first-order valence-corrected chi connectivity index (χ1v) is 1.29. The second-order valence-corrected chi connectivity index (χ2v) is 1.34. The van der Waals surface area contributed by atoms with Crippen molar-refractivity contribution in [2.24, 2.45) is 0 Å². The van der Waals surface area contributed by atoms with Crippen molar-refractivity contribution in [3.8, 4) is 0 Å². The molecular weight excluding hydrogens is 86.0 g/mol. The number of quaternary nitrogens is 1. The van der Waals surface area contributed by atoms with Crippen LogP contribution < -0.4 is 0 Å². The summed E-state index contributed by atoms with van der Waals surface area (Å²) < 4.78 is 0. The fraction of sp³-hybridized carbons (Fsp3) is 1.00. The van der Waals surface area contributed by atoms with Crippen molar-refractivity contribution in [3.63, 3.8) is 0 Å². The van der Waals surface area contributed by atoms with E-state index in [0.717, 1.165) is 0 Å². The minimum absolute atomic E-state index is 0. The van der Waals surface area contributed by atoms with Gasteiger partial charge in [-0.3, -0.25) is 0 Å². The smallest absolute Gasteiger partial charge is 0.131 e. The summed E-state index contributed by atoms with van der Waals surface area (Å²) in [5.41, 5.74) is 0. The molecule has 0 aromatic carbocycles. The van der Waals surface area contributed by atoms with Crippen LogP contribution >= 0.6 is 0 Å². The molecule has 0 aliphatic heterocycles. The molecule has 0 aromatic heterocycles. The van der Waals surface area contributed by atoms with Crippen LogP contribution in [0.15, 0.2) is 0 Å². The Labute approximate surface area is 36.1 Å². The first-order valence-electron chi connectivity index (χ1n) is 1.29. The minimum Gasteiger partial charge on any atom is -0.870 e. The van der Waals surface area contributed by atoms with Crippen LogP contribution in [0.25, 0.3) is 0 Å². The normalized spacial score (nSPS) is 10.0. The van der Waals surface area contributed by atoms with Crippen LogP contribution in [-0.4, -0.2) is 34.8 Å². The van der Waals surface area contributed by atoms with E-state index in [4.69, 9.17) is 10.4 Å². The maximum atomic E-state index is 8.01. The molecular formula is C2H9NO3. The Morgan fingerprint density at radius 3 is 1.17 bits per heavy atom. The van der Waals surface area contributed by atoms with Crippen molar-refractivity contribution in [2.45, 2.75) is 0 Å². The Hall–Kier alpha value is -0.160. The van der Waals surface area contributed by atoms with E-state index in [1.54, 1.807) is 0 Å². The molecule has 4 heteroatoms. The quantitative estimate of drug-likeness (QED) is 0.319. The van der Waals surface area contributed by atoms with Gasteiger partial charge >= 0.3 is 0 Å². The summed E-state index contributed by atoms with van der Waals surface area (Å²) in [6.07, 6.45) is 0. The number of hydroxylamine groups is 4. The molecule has 0 aromatic rings. The number of rotatable bonds is 0. The average Bonchev–Trinajstić information content (AvgIpc) is 0.722. The molecule has 0 aliphatic rings. The summed E-state index contributed by atoms with van der Waals surface area (Å²) >= 11 is 0. The lowest BCUT2D eigenvalue weighted by Crippen LogP contribution is -2.29. The third kappa shape index (κ3) is 1210. The molecule has 0 rings (SSSR count). The van der Waals surface area contributed by atoms with E-state index in [2.05, 4.69) is 0 Å². The Morgan fingerprint density at radius 1 is 1.17 bits per heavy atom. The molecule has 0 fully saturated rings. The molecule has 40 valence electrons. The van der Waals surface area contributed by atoms with Crippen LogP contribution in [-0.2, 0) is 0 Å². The van der Waals surface area contributed by atoms with Crippen LogP contribution in [0.1, 0.15) is 0 Å². The summed E-state index contributed by atoms with van der Waals surface area (Å²) in [7, 11) is 2.47. The molecule has 0 bridgehead atoms. The lowest BCUT2D eigenvalue weighted by Gasteiger charge is -2.04. The van der Waals surface area contributed by atoms with E-state index in [9.17, 15) is 0 Å². The number of nitrogens with zero attached hydrogens (tertiary/aromatic N) is 1. The zero-order valence-electron chi connectivity index (χ0n) is 3.79. The maximum Gasteiger partial charge on any atom is 0.131 e. The highest BCUT2D eigenvalue weighted by Gasteiger charge is 1.97. The van der Waals surface area contributed by atoms with E-state index in [-0.39, 0.29) is 5.48 Å². The van der Waals surface area contributed by atoms with Gasteiger partial charge in [0.2, 0.25) is 0 Å². The van der Waals surface area contributed by atoms with E-state index in [1.165, 1.54) is 14.1 Å². The van der Waals surface area contributed by atoms with Crippen molar-refractivity contribution in [1.29, 1.82) is 0 Å². The van der Waals surface area contributed by atoms with Gasteiger partial charge in [0.25, 0.3) is 0 Å². The molecule has 0 spiro atoms. The van der Waals surface area contributed by atoms with E-state index < -0.39 is 4.81 Å². The predicted octanol–water partition coefficient (Wildman–Crippen LogP) is -0.336. The standard InChI is InChI=1S/C2H8NO2.H2O/c1-3(2,4)5;/h4-5H,1-2H3;1H2/q+1;/p-1. The summed E-state index contributed by atoms with van der Waals surface area (Å²) in [5.74, 6) is 0. The van der Waals surface area contributed by atoms with Gasteiger partial charge in [0.15, 0.2) is 0 Å². The zero-order valence-corrected chi connectivity index (χ0v) is 3.79. The highest BCUT2D eigenvalue weighted by molar-refractivity contribution is 3.54. The van der Waals surface area contributed by atoms with Gasteiger partial charge in [0, 0.05) is 0 Å². The van der Waals surface area contributed by atoms with Crippen molar-refractivity contribution < 1.29 is 20.7 Å². The molecule has 0 aliphatic carbocycles. The van der Waals surface area contributed by atoms with Gasteiger partial charge in [-0.2, -0.15) is 10.4 Å². The second kappa shape index (κ2) is 2.09. The maximum absolute atomic E-state index is 8.01. The van der Waals surface area contributed by atoms with Crippen LogP contribution in [0.3, 0.4) is 0 Å². The Balaban J connectivity index is 0. The summed E-state index contributed by atoms with van der Waals surface area (Å²) in [6.45, 7) is 0. The van der Waals surface area contributed by atoms with Gasteiger partial charge < -0.3 is 5.48 Å². The highest BCUT2D eigenvalue weighted by atomic mass is 16.8. The van der Waals surface area contributed by atoms with Gasteiger partial charge in [-0.05, 0) is 0 Å². The lowest BCUT2D eigenvalue weighted by atomic mass is 11.2. The van der Waals surface area contributed by atoms with Crippen LogP contribution in [0.4, 0.5) is 0 Å². The first kappa shape index (κ1) is 9.28. The largest absolute Gasteiger partial charge is 0.870 e. The highest BCUT2D eigenvalue weighted by Crippen LogP contribution is 1.71. The van der Waals surface area contributed by atoms with Crippen LogP contribution in [0, 0.1) is 0 Å². The van der Waals surface area contributed by atoms with Crippen molar-refractivity contribution in [3.05, 3.63) is 0 Å². The van der Waals surface area contributed by atoms with Gasteiger partial charge in [-0.1, -0.05) is 4.81 Å². The fourth-order valence-corrected chi connectivity index (χ4v) is 0. The summed E-state index contributed by atoms with van der Waals surface area (Å²) in [6, 6.07) is 0. The third-order valence-corrected chi connectivity index (χ3v) is 0. The van der Waals surface area contributed by atoms with Gasteiger partial charge in [-0.25, -0.2) is 0 Å². The molecule has 4 nitrogen and oxygen atoms in total. The molecule has 0 radical (unpaired) electrons. The Kier molecular flexibility index (Phi) is 3.24. The van der Waals surface area contributed by atoms with E-state index >= 15 is 0 Å². The van der Waals surface area contributed by atoms with Gasteiger partial charge in [0.1, 0.15) is 14.1 Å². The van der Waals surface area contributed by atoms with E-state index in [1.807, 2.05) is 0 Å². The number of hydrogen-bond donors (Lipinski definition) is 2. The second-order valence-electron chi connectivity index (χ2n) is 1.34. The van der Waals surface area contributed by atoms with Crippen molar-refractivity contribution >= 4 is 0 Å². The van der Waals surface area contributed by atoms with Gasteiger partial charge in [-0.15, -0.1) is 0 Å². The Morgan fingerprint density at radius 2 is 1.17 bits per heavy atom. The third-order valence-electron chi connectivity index (χ3n) is 0. The average molecular weight is 95.1 g/mol. The molecule has 0 heterocycles. The lowest BCUT2D eigenvalue weighted by molar-refractivity contribution is -1.22. The van der Waals surface area contributed by atoms with Crippen molar-refractivity contribution in [1.82, 2.24) is 0 Å². The summed E-state index contributed by atoms with van der Waals surface area (Å²) in [4.78, 5) is -1.00. The first-order chi connectivity index (χ1) is 2.00. The monoisotopic (exact) mass is 95.1 g/mol. The molecule has 0 unspecified atom stereocenters. The summed E-state index contributed by atoms with van der Waals surface area (Å²) in [5, 5.41) is 16.0. The molecule has 0 amide bonds. The fourth-order valence-electron chi connectivity index (χ4n) is 0. The topological polar surface area (TPSA) is 70.5 Å². The van der Waals surface area contributed by atoms with Gasteiger partial charge in [0.05, 0.1) is 0 Å². The number of hydrogen-bond acceptors (Lipinski definition) is 3. The minimum atomic E-state index is -1.00. The molecule has 0 atom stereocenters. The zero-order chi connectivity index (χ0) is 4.50. The SMILES string of the molecule is C[N+](C)(O)O.[OH-]. The molecule has 0 saturated heterocycles. The van der Waals surface area contributed by atoms with Crippen LogP contribution in [0.2, 0.25) is 0 Å². The molecule has 3 N–H and O–H groups in total. The van der Waals surface area contributed by atoms with E-state index in [0.29, 0.717) is 0 Å².